The number of benzene rings is 2. The zero-order chi connectivity index (χ0) is 14.7. The first-order valence-electron chi connectivity index (χ1n) is 6.60. The molecule has 0 atom stereocenters. The van der Waals surface area contributed by atoms with Gasteiger partial charge in [0.25, 0.3) is 0 Å². The van der Waals surface area contributed by atoms with Crippen LogP contribution in [0.25, 0.3) is 11.4 Å². The molecule has 4 nitrogen and oxygen atoms in total. The number of nitrogens with zero attached hydrogens (tertiary/aromatic N) is 2. The lowest BCUT2D eigenvalue weighted by atomic mass is 10.1. The Morgan fingerprint density at radius 2 is 1.91 bits per heavy atom. The van der Waals surface area contributed by atoms with Crippen LogP contribution in [0.5, 0.6) is 0 Å². The van der Waals surface area contributed by atoms with Crippen molar-refractivity contribution in [2.24, 2.45) is 0 Å². The summed E-state index contributed by atoms with van der Waals surface area (Å²) in [7, 11) is 0. The first-order chi connectivity index (χ1) is 10.2. The minimum Gasteiger partial charge on any atom is -1.00 e. The Morgan fingerprint density at radius 1 is 1.14 bits per heavy atom. The van der Waals surface area contributed by atoms with E-state index in [4.69, 9.17) is 16.1 Å². The van der Waals surface area contributed by atoms with E-state index in [9.17, 15) is 0 Å². The standard InChI is InChI=1S/C16H14ClN3O.ClH/c1-11-5-7-12(8-6-11)16-19-15(21-20-16)10-18-14-4-2-3-13(17)9-14;/h2-9,18H,10H2,1H3;1H/p-1. The van der Waals surface area contributed by atoms with Gasteiger partial charge in [-0.15, -0.1) is 0 Å². The average Bonchev–Trinajstić information content (AvgIpc) is 2.95. The second-order valence-electron chi connectivity index (χ2n) is 4.74. The van der Waals surface area contributed by atoms with Crippen molar-refractivity contribution >= 4 is 17.3 Å². The van der Waals surface area contributed by atoms with Gasteiger partial charge in [0.15, 0.2) is 0 Å². The highest BCUT2D eigenvalue weighted by molar-refractivity contribution is 6.30. The zero-order valence-electron chi connectivity index (χ0n) is 11.9. The SMILES string of the molecule is Cc1ccc(-c2noc(CNc3cccc(Cl)c3)n2)cc1.[Cl-]. The maximum Gasteiger partial charge on any atom is 0.246 e. The fourth-order valence-electron chi connectivity index (χ4n) is 1.92. The lowest BCUT2D eigenvalue weighted by Crippen LogP contribution is -3.00. The smallest absolute Gasteiger partial charge is 0.246 e. The predicted octanol–water partition coefficient (Wildman–Crippen LogP) is 1.31. The van der Waals surface area contributed by atoms with Gasteiger partial charge in [0.05, 0.1) is 6.54 Å². The largest absolute Gasteiger partial charge is 1.00 e. The number of hydrogen-bond acceptors (Lipinski definition) is 4. The van der Waals surface area contributed by atoms with Gasteiger partial charge in [-0.3, -0.25) is 0 Å². The second kappa shape index (κ2) is 7.29. The van der Waals surface area contributed by atoms with Gasteiger partial charge in [0.2, 0.25) is 11.7 Å². The Kier molecular flexibility index (Phi) is 5.41. The molecule has 0 unspecified atom stereocenters. The highest BCUT2D eigenvalue weighted by Gasteiger charge is 2.08. The maximum atomic E-state index is 5.93. The van der Waals surface area contributed by atoms with Crippen LogP contribution in [-0.4, -0.2) is 10.1 Å². The van der Waals surface area contributed by atoms with Gasteiger partial charge in [0, 0.05) is 16.3 Å². The van der Waals surface area contributed by atoms with Crippen LogP contribution in [0, 0.1) is 6.92 Å². The summed E-state index contributed by atoms with van der Waals surface area (Å²) in [5.74, 6) is 1.13. The molecule has 2 aromatic carbocycles. The molecule has 0 spiro atoms. The molecular weight excluding hydrogens is 321 g/mol. The third-order valence-corrected chi connectivity index (χ3v) is 3.28. The fraction of sp³-hybridized carbons (Fsp3) is 0.125. The Labute approximate surface area is 139 Å². The monoisotopic (exact) mass is 334 g/mol. The summed E-state index contributed by atoms with van der Waals surface area (Å²) < 4.78 is 5.24. The van der Waals surface area contributed by atoms with Crippen LogP contribution in [0.3, 0.4) is 0 Å². The number of nitrogens with one attached hydrogen (secondary N) is 1. The van der Waals surface area contributed by atoms with E-state index in [1.54, 1.807) is 0 Å². The molecule has 1 heterocycles. The molecule has 0 fully saturated rings. The normalized spacial score (nSPS) is 10.1. The number of halogens is 2. The molecule has 0 saturated heterocycles. The summed E-state index contributed by atoms with van der Waals surface area (Å²) in [6.07, 6.45) is 0. The van der Waals surface area contributed by atoms with E-state index in [-0.39, 0.29) is 12.4 Å². The topological polar surface area (TPSA) is 51.0 Å². The molecule has 0 saturated carbocycles. The van der Waals surface area contributed by atoms with Gasteiger partial charge in [-0.2, -0.15) is 4.98 Å². The molecule has 1 aromatic heterocycles. The Hall–Kier alpha value is -2.04. The van der Waals surface area contributed by atoms with Crippen molar-refractivity contribution in [1.82, 2.24) is 10.1 Å². The van der Waals surface area contributed by atoms with Gasteiger partial charge in [-0.1, -0.05) is 52.7 Å². The van der Waals surface area contributed by atoms with E-state index in [0.29, 0.717) is 23.3 Å². The van der Waals surface area contributed by atoms with Crippen LogP contribution in [0.15, 0.2) is 53.1 Å². The van der Waals surface area contributed by atoms with Crippen molar-refractivity contribution in [3.63, 3.8) is 0 Å². The molecule has 6 heteroatoms. The molecule has 0 aliphatic carbocycles. The van der Waals surface area contributed by atoms with Crippen LogP contribution in [0.2, 0.25) is 5.02 Å². The molecular formula is C16H14Cl2N3O-. The van der Waals surface area contributed by atoms with Crippen molar-refractivity contribution in [3.05, 3.63) is 65.0 Å². The lowest BCUT2D eigenvalue weighted by molar-refractivity contribution is -0.00000477. The second-order valence-corrected chi connectivity index (χ2v) is 5.18. The number of anilines is 1. The molecule has 1 N–H and O–H groups in total. The van der Waals surface area contributed by atoms with E-state index >= 15 is 0 Å². The predicted molar refractivity (Wildman–Crippen MR) is 83.2 cm³/mol. The lowest BCUT2D eigenvalue weighted by Gasteiger charge is -2.02. The Balaban J connectivity index is 0.00000176. The van der Waals surface area contributed by atoms with E-state index in [1.165, 1.54) is 5.56 Å². The van der Waals surface area contributed by atoms with Gasteiger partial charge in [-0.25, -0.2) is 0 Å². The van der Waals surface area contributed by atoms with Crippen LogP contribution < -0.4 is 17.7 Å². The highest BCUT2D eigenvalue weighted by atomic mass is 35.5. The Bertz CT molecular complexity index is 741. The first-order valence-corrected chi connectivity index (χ1v) is 6.97. The summed E-state index contributed by atoms with van der Waals surface area (Å²) in [5.41, 5.74) is 3.06. The van der Waals surface area contributed by atoms with Crippen molar-refractivity contribution in [2.45, 2.75) is 13.5 Å². The quantitative estimate of drug-likeness (QED) is 0.781. The van der Waals surface area contributed by atoms with E-state index in [1.807, 2.05) is 55.5 Å². The molecule has 3 aromatic rings. The first kappa shape index (κ1) is 16.3. The molecule has 0 amide bonds. The third kappa shape index (κ3) is 4.00. The molecule has 0 aliphatic heterocycles. The molecule has 3 rings (SSSR count). The van der Waals surface area contributed by atoms with Crippen molar-refractivity contribution in [3.8, 4) is 11.4 Å². The maximum absolute atomic E-state index is 5.93. The van der Waals surface area contributed by atoms with E-state index < -0.39 is 0 Å². The fourth-order valence-corrected chi connectivity index (χ4v) is 2.11. The van der Waals surface area contributed by atoms with Gasteiger partial charge in [0.1, 0.15) is 0 Å². The van der Waals surface area contributed by atoms with Crippen molar-refractivity contribution < 1.29 is 16.9 Å². The molecule has 0 aliphatic rings. The van der Waals surface area contributed by atoms with Gasteiger partial charge in [-0.05, 0) is 25.1 Å². The van der Waals surface area contributed by atoms with Crippen molar-refractivity contribution in [1.29, 1.82) is 0 Å². The summed E-state index contributed by atoms with van der Waals surface area (Å²) in [6, 6.07) is 15.5. The molecule has 0 radical (unpaired) electrons. The summed E-state index contributed by atoms with van der Waals surface area (Å²) in [5, 5.41) is 7.87. The number of aryl methyl sites for hydroxylation is 1. The van der Waals surface area contributed by atoms with Gasteiger partial charge < -0.3 is 22.2 Å². The number of aromatic nitrogens is 2. The Morgan fingerprint density at radius 3 is 2.64 bits per heavy atom. The molecule has 0 bridgehead atoms. The van der Waals surface area contributed by atoms with Crippen LogP contribution >= 0.6 is 11.6 Å². The third-order valence-electron chi connectivity index (χ3n) is 3.05. The summed E-state index contributed by atoms with van der Waals surface area (Å²) >= 11 is 5.93. The van der Waals surface area contributed by atoms with E-state index in [0.717, 1.165) is 11.3 Å². The van der Waals surface area contributed by atoms with Crippen LogP contribution in [0.4, 0.5) is 5.69 Å². The highest BCUT2D eigenvalue weighted by Crippen LogP contribution is 2.18. The minimum absolute atomic E-state index is 0. The minimum atomic E-state index is 0. The average molecular weight is 335 g/mol. The number of hydrogen-bond donors (Lipinski definition) is 1. The summed E-state index contributed by atoms with van der Waals surface area (Å²) in [6.45, 7) is 2.50. The molecule has 114 valence electrons. The number of rotatable bonds is 4. The van der Waals surface area contributed by atoms with Crippen molar-refractivity contribution in [2.75, 3.05) is 5.32 Å². The van der Waals surface area contributed by atoms with E-state index in [2.05, 4.69) is 15.5 Å². The van der Waals surface area contributed by atoms with Gasteiger partial charge >= 0.3 is 0 Å². The molecule has 22 heavy (non-hydrogen) atoms. The van der Waals surface area contributed by atoms with Crippen LogP contribution in [0.1, 0.15) is 11.5 Å². The summed E-state index contributed by atoms with van der Waals surface area (Å²) in [4.78, 5) is 4.37. The van der Waals surface area contributed by atoms with Crippen LogP contribution in [-0.2, 0) is 6.54 Å². The zero-order valence-corrected chi connectivity index (χ0v) is 13.4.